The summed E-state index contributed by atoms with van der Waals surface area (Å²) >= 11 is 0. The van der Waals surface area contributed by atoms with Crippen molar-refractivity contribution >= 4 is 11.6 Å². The Labute approximate surface area is 104 Å². The number of amides is 1. The predicted molar refractivity (Wildman–Crippen MR) is 64.6 cm³/mol. The second-order valence-corrected chi connectivity index (χ2v) is 3.96. The monoisotopic (exact) mass is 258 g/mol. The van der Waals surface area contributed by atoms with Crippen LogP contribution in [0.5, 0.6) is 0 Å². The lowest BCUT2D eigenvalue weighted by Crippen LogP contribution is -2.37. The highest BCUT2D eigenvalue weighted by Crippen LogP contribution is 2.16. The summed E-state index contributed by atoms with van der Waals surface area (Å²) in [5.41, 5.74) is 6.99. The van der Waals surface area contributed by atoms with E-state index in [0.29, 0.717) is 0 Å². The van der Waals surface area contributed by atoms with E-state index >= 15 is 0 Å². The lowest BCUT2D eigenvalue weighted by molar-refractivity contribution is 0.0510. The number of alkyl halides is 2. The summed E-state index contributed by atoms with van der Waals surface area (Å²) in [6.45, 7) is 0.586. The molecule has 0 aliphatic heterocycles. The van der Waals surface area contributed by atoms with Crippen molar-refractivity contribution in [3.8, 4) is 0 Å². The van der Waals surface area contributed by atoms with Crippen molar-refractivity contribution in [3.63, 3.8) is 0 Å². The lowest BCUT2D eigenvalue weighted by atomic mass is 10.1. The number of aliphatic hydroxyl groups excluding tert-OH is 1. The number of aliphatic hydroxyl groups is 1. The van der Waals surface area contributed by atoms with Crippen molar-refractivity contribution in [2.45, 2.75) is 13.3 Å². The highest BCUT2D eigenvalue weighted by Gasteiger charge is 2.20. The van der Waals surface area contributed by atoms with E-state index in [1.165, 1.54) is 6.07 Å². The van der Waals surface area contributed by atoms with Gasteiger partial charge in [-0.05, 0) is 24.6 Å². The molecule has 0 aliphatic carbocycles. The van der Waals surface area contributed by atoms with E-state index in [1.807, 2.05) is 6.92 Å². The normalized spacial score (nSPS) is 10.7. The van der Waals surface area contributed by atoms with Gasteiger partial charge < -0.3 is 15.7 Å². The van der Waals surface area contributed by atoms with Gasteiger partial charge in [-0.25, -0.2) is 8.78 Å². The molecule has 4 nitrogen and oxygen atoms in total. The van der Waals surface area contributed by atoms with Crippen LogP contribution in [0.4, 0.5) is 14.5 Å². The molecule has 0 spiro atoms. The Morgan fingerprint density at radius 1 is 1.50 bits per heavy atom. The van der Waals surface area contributed by atoms with Crippen LogP contribution in [0.25, 0.3) is 0 Å². The Kier molecular flexibility index (Phi) is 5.03. The van der Waals surface area contributed by atoms with Crippen molar-refractivity contribution in [1.29, 1.82) is 0 Å². The topological polar surface area (TPSA) is 66.6 Å². The number of anilines is 1. The summed E-state index contributed by atoms with van der Waals surface area (Å²) < 4.78 is 24.7. The molecule has 0 radical (unpaired) electrons. The van der Waals surface area contributed by atoms with Gasteiger partial charge in [-0.1, -0.05) is 6.07 Å². The number of rotatable bonds is 5. The molecule has 0 bridgehead atoms. The lowest BCUT2D eigenvalue weighted by Gasteiger charge is -2.22. The Hall–Kier alpha value is -1.69. The molecule has 6 heteroatoms. The van der Waals surface area contributed by atoms with Crippen LogP contribution in [-0.4, -0.2) is 42.0 Å². The molecule has 100 valence electrons. The van der Waals surface area contributed by atoms with Gasteiger partial charge in [0.15, 0.2) is 0 Å². The number of nitrogen functional groups attached to an aromatic ring is 1. The van der Waals surface area contributed by atoms with Crippen LogP contribution in [0.3, 0.4) is 0 Å². The zero-order chi connectivity index (χ0) is 13.7. The van der Waals surface area contributed by atoms with Gasteiger partial charge in [0.1, 0.15) is 0 Å². The third kappa shape index (κ3) is 3.66. The van der Waals surface area contributed by atoms with Crippen LogP contribution in [0.15, 0.2) is 18.2 Å². The minimum absolute atomic E-state index is 0.142. The molecule has 0 aliphatic rings. The molecule has 0 heterocycles. The molecule has 1 amide bonds. The highest BCUT2D eigenvalue weighted by molar-refractivity contribution is 5.99. The number of hydrogen-bond acceptors (Lipinski definition) is 3. The fourth-order valence-corrected chi connectivity index (χ4v) is 1.61. The molecule has 0 saturated heterocycles. The minimum Gasteiger partial charge on any atom is -0.398 e. The Bertz CT molecular complexity index is 425. The molecular formula is C12H16F2N2O2. The first-order chi connectivity index (χ1) is 8.45. The van der Waals surface area contributed by atoms with Crippen molar-refractivity contribution < 1.29 is 18.7 Å². The summed E-state index contributed by atoms with van der Waals surface area (Å²) in [7, 11) is 0. The SMILES string of the molecule is Cc1ccc(C(=O)N(CCO)CC(F)F)c(N)c1. The fourth-order valence-electron chi connectivity index (χ4n) is 1.61. The first-order valence-corrected chi connectivity index (χ1v) is 5.50. The average Bonchev–Trinajstić information content (AvgIpc) is 2.27. The summed E-state index contributed by atoms with van der Waals surface area (Å²) in [4.78, 5) is 12.9. The molecular weight excluding hydrogens is 242 g/mol. The summed E-state index contributed by atoms with van der Waals surface area (Å²) in [5, 5.41) is 8.79. The van der Waals surface area contributed by atoms with Crippen LogP contribution in [0, 0.1) is 6.92 Å². The van der Waals surface area contributed by atoms with Crippen molar-refractivity contribution in [3.05, 3.63) is 29.3 Å². The number of aryl methyl sites for hydroxylation is 1. The largest absolute Gasteiger partial charge is 0.398 e. The van der Waals surface area contributed by atoms with Crippen LogP contribution in [0.1, 0.15) is 15.9 Å². The Morgan fingerprint density at radius 2 is 2.17 bits per heavy atom. The molecule has 1 rings (SSSR count). The Morgan fingerprint density at radius 3 is 2.67 bits per heavy atom. The van der Waals surface area contributed by atoms with Gasteiger partial charge in [-0.3, -0.25) is 4.79 Å². The predicted octanol–water partition coefficient (Wildman–Crippen LogP) is 1.28. The molecule has 0 aromatic heterocycles. The third-order valence-electron chi connectivity index (χ3n) is 2.45. The second kappa shape index (κ2) is 6.30. The van der Waals surface area contributed by atoms with E-state index in [0.717, 1.165) is 10.5 Å². The zero-order valence-electron chi connectivity index (χ0n) is 10.1. The quantitative estimate of drug-likeness (QED) is 0.782. The number of carbonyl (C=O) groups excluding carboxylic acids is 1. The summed E-state index contributed by atoms with van der Waals surface area (Å²) in [6, 6.07) is 4.79. The van der Waals surface area contributed by atoms with E-state index in [-0.39, 0.29) is 24.4 Å². The van der Waals surface area contributed by atoms with E-state index in [9.17, 15) is 13.6 Å². The molecule has 1 aromatic carbocycles. The molecule has 0 atom stereocenters. The first kappa shape index (κ1) is 14.4. The maximum Gasteiger partial charge on any atom is 0.256 e. The van der Waals surface area contributed by atoms with Gasteiger partial charge in [0.05, 0.1) is 18.7 Å². The average molecular weight is 258 g/mol. The third-order valence-corrected chi connectivity index (χ3v) is 2.45. The highest BCUT2D eigenvalue weighted by atomic mass is 19.3. The van der Waals surface area contributed by atoms with Gasteiger partial charge in [0.25, 0.3) is 12.3 Å². The van der Waals surface area contributed by atoms with E-state index < -0.39 is 18.9 Å². The molecule has 18 heavy (non-hydrogen) atoms. The first-order valence-electron chi connectivity index (χ1n) is 5.50. The summed E-state index contributed by atoms with van der Waals surface area (Å²) in [6.07, 6.45) is -2.65. The molecule has 3 N–H and O–H groups in total. The Balaban J connectivity index is 2.94. The van der Waals surface area contributed by atoms with Crippen molar-refractivity contribution in [1.82, 2.24) is 4.90 Å². The fraction of sp³-hybridized carbons (Fsp3) is 0.417. The van der Waals surface area contributed by atoms with Gasteiger partial charge in [-0.2, -0.15) is 0 Å². The van der Waals surface area contributed by atoms with E-state index in [4.69, 9.17) is 10.8 Å². The molecule has 0 saturated carbocycles. The van der Waals surface area contributed by atoms with Gasteiger partial charge >= 0.3 is 0 Å². The maximum absolute atomic E-state index is 12.3. The van der Waals surface area contributed by atoms with Gasteiger partial charge in [-0.15, -0.1) is 0 Å². The van der Waals surface area contributed by atoms with Gasteiger partial charge in [0, 0.05) is 12.2 Å². The van der Waals surface area contributed by atoms with Gasteiger partial charge in [0.2, 0.25) is 0 Å². The number of nitrogens with two attached hydrogens (primary N) is 1. The van der Waals surface area contributed by atoms with Crippen molar-refractivity contribution in [2.24, 2.45) is 0 Å². The molecule has 0 unspecified atom stereocenters. The van der Waals surface area contributed by atoms with Crippen molar-refractivity contribution in [2.75, 3.05) is 25.4 Å². The minimum atomic E-state index is -2.65. The van der Waals surface area contributed by atoms with Crippen LogP contribution < -0.4 is 5.73 Å². The number of carbonyl (C=O) groups is 1. The van der Waals surface area contributed by atoms with Crippen LogP contribution >= 0.6 is 0 Å². The number of hydrogen-bond donors (Lipinski definition) is 2. The molecule has 0 fully saturated rings. The maximum atomic E-state index is 12.3. The van der Waals surface area contributed by atoms with E-state index in [2.05, 4.69) is 0 Å². The second-order valence-electron chi connectivity index (χ2n) is 3.96. The van der Waals surface area contributed by atoms with Crippen LogP contribution in [-0.2, 0) is 0 Å². The summed E-state index contributed by atoms with van der Waals surface area (Å²) in [5.74, 6) is -0.596. The van der Waals surface area contributed by atoms with E-state index in [1.54, 1.807) is 12.1 Å². The zero-order valence-corrected chi connectivity index (χ0v) is 10.1. The molecule has 1 aromatic rings. The van der Waals surface area contributed by atoms with Crippen LogP contribution in [0.2, 0.25) is 0 Å². The number of halogens is 2. The number of benzene rings is 1. The number of nitrogens with zero attached hydrogens (tertiary/aromatic N) is 1. The smallest absolute Gasteiger partial charge is 0.256 e. The standard InChI is InChI=1S/C12H16F2N2O2/c1-8-2-3-9(10(15)6-8)12(18)16(4-5-17)7-11(13)14/h2-3,6,11,17H,4-5,7,15H2,1H3.